The highest BCUT2D eigenvalue weighted by atomic mass is 16.5. The molecule has 8 nitrogen and oxygen atoms in total. The Morgan fingerprint density at radius 1 is 1.18 bits per heavy atom. The van der Waals surface area contributed by atoms with Gasteiger partial charge in [0.2, 0.25) is 5.69 Å². The average Bonchev–Trinajstić information content (AvgIpc) is 3.51. The van der Waals surface area contributed by atoms with E-state index in [9.17, 15) is 15.1 Å². The summed E-state index contributed by atoms with van der Waals surface area (Å²) in [7, 11) is 0. The van der Waals surface area contributed by atoms with Crippen LogP contribution in [0.25, 0.3) is 10.9 Å². The molecule has 5 rings (SSSR count). The van der Waals surface area contributed by atoms with Crippen LogP contribution < -0.4 is 14.8 Å². The summed E-state index contributed by atoms with van der Waals surface area (Å²) in [5.41, 5.74) is 2.20. The maximum Gasteiger partial charge on any atom is 0.325 e. The van der Waals surface area contributed by atoms with Gasteiger partial charge in [0.15, 0.2) is 0 Å². The van der Waals surface area contributed by atoms with Crippen LogP contribution in [0.4, 0.5) is 5.69 Å². The van der Waals surface area contributed by atoms with Crippen molar-refractivity contribution in [3.8, 4) is 5.75 Å². The fourth-order valence-electron chi connectivity index (χ4n) is 4.46. The molecule has 2 aliphatic rings. The second kappa shape index (κ2) is 8.67. The van der Waals surface area contributed by atoms with E-state index in [4.69, 9.17) is 9.84 Å². The van der Waals surface area contributed by atoms with Gasteiger partial charge in [-0.25, -0.2) is 0 Å². The van der Waals surface area contributed by atoms with E-state index in [0.717, 1.165) is 54.2 Å². The maximum atomic E-state index is 13.1. The van der Waals surface area contributed by atoms with Crippen LogP contribution >= 0.6 is 0 Å². The van der Waals surface area contributed by atoms with E-state index in [1.54, 1.807) is 18.2 Å². The molecule has 1 amide bonds. The molecule has 3 aromatic rings. The fourth-order valence-corrected chi connectivity index (χ4v) is 4.46. The minimum Gasteiger partial charge on any atom is -0.488 e. The number of carbonyl (C=O) groups is 1. The van der Waals surface area contributed by atoms with Crippen molar-refractivity contribution in [3.05, 3.63) is 47.9 Å². The van der Waals surface area contributed by atoms with Crippen molar-refractivity contribution in [1.82, 2.24) is 9.78 Å². The van der Waals surface area contributed by atoms with Crippen LogP contribution in [0.2, 0.25) is 0 Å². The maximum absolute atomic E-state index is 13.1. The number of anilines is 1. The first kappa shape index (κ1) is 21.7. The highest BCUT2D eigenvalue weighted by Gasteiger charge is 2.29. The van der Waals surface area contributed by atoms with Gasteiger partial charge in [-0.3, -0.25) is 14.7 Å². The lowest BCUT2D eigenvalue weighted by atomic mass is 9.93. The summed E-state index contributed by atoms with van der Waals surface area (Å²) in [4.78, 5) is 13.1. The van der Waals surface area contributed by atoms with E-state index in [2.05, 4.69) is 5.32 Å². The van der Waals surface area contributed by atoms with E-state index in [0.29, 0.717) is 17.1 Å². The Morgan fingerprint density at radius 3 is 2.64 bits per heavy atom. The largest absolute Gasteiger partial charge is 0.488 e. The van der Waals surface area contributed by atoms with Gasteiger partial charge in [0.25, 0.3) is 0 Å². The lowest BCUT2D eigenvalue weighted by Gasteiger charge is -2.25. The van der Waals surface area contributed by atoms with Gasteiger partial charge in [-0.2, -0.15) is 5.10 Å². The number of nitrogens with one attached hydrogen (secondary N) is 1. The molecule has 0 bridgehead atoms. The Kier molecular flexibility index (Phi) is 5.70. The number of aromatic nitrogens is 3. The highest BCUT2D eigenvalue weighted by molar-refractivity contribution is 6.04. The van der Waals surface area contributed by atoms with Crippen molar-refractivity contribution in [3.63, 3.8) is 0 Å². The molecule has 3 N–H and O–H groups in total. The first-order valence-corrected chi connectivity index (χ1v) is 11.8. The number of carbonyl (C=O) groups excluding carboxylic acids is 1. The topological polar surface area (TPSA) is 100 Å². The molecular weight excluding hydrogens is 420 g/mol. The molecule has 0 atom stereocenters. The third kappa shape index (κ3) is 4.53. The minimum atomic E-state index is -0.409. The molecule has 0 unspecified atom stereocenters. The number of benzene rings is 1. The number of aliphatic hydroxyl groups is 1. The lowest BCUT2D eigenvalue weighted by molar-refractivity contribution is -0.911. The van der Waals surface area contributed by atoms with Crippen LogP contribution in [0.5, 0.6) is 5.75 Å². The SMILES string of the molecule is CC(C)c1cccc(C(=O)Nc2cc3cn(C4CCC(O)CC4)nc3cc2OC2CC2)[n+]1O. The van der Waals surface area contributed by atoms with Gasteiger partial charge in [-0.15, -0.1) is 0 Å². The smallest absolute Gasteiger partial charge is 0.325 e. The van der Waals surface area contributed by atoms with E-state index < -0.39 is 5.91 Å². The molecule has 33 heavy (non-hydrogen) atoms. The summed E-state index contributed by atoms with van der Waals surface area (Å²) < 4.78 is 9.03. The van der Waals surface area contributed by atoms with Gasteiger partial charge in [0.05, 0.1) is 29.5 Å². The highest BCUT2D eigenvalue weighted by Crippen LogP contribution is 2.36. The molecule has 2 saturated carbocycles. The van der Waals surface area contributed by atoms with Crippen LogP contribution in [-0.4, -0.2) is 38.2 Å². The summed E-state index contributed by atoms with van der Waals surface area (Å²) >= 11 is 0. The molecule has 2 aliphatic carbocycles. The summed E-state index contributed by atoms with van der Waals surface area (Å²) in [6, 6.07) is 9.20. The summed E-state index contributed by atoms with van der Waals surface area (Å²) in [5.74, 6) is 0.250. The Morgan fingerprint density at radius 2 is 1.94 bits per heavy atom. The molecular formula is C25H31N4O4+. The Bertz CT molecular complexity index is 1180. The molecule has 174 valence electrons. The quantitative estimate of drug-likeness (QED) is 0.389. The molecule has 0 radical (unpaired) electrons. The Labute approximate surface area is 192 Å². The van der Waals surface area contributed by atoms with Crippen LogP contribution in [0.15, 0.2) is 36.5 Å². The van der Waals surface area contributed by atoms with Crippen LogP contribution in [0, 0.1) is 0 Å². The van der Waals surface area contributed by atoms with Crippen molar-refractivity contribution in [2.24, 2.45) is 0 Å². The van der Waals surface area contributed by atoms with Gasteiger partial charge in [-0.05, 0) is 50.7 Å². The second-order valence-corrected chi connectivity index (χ2v) is 9.55. The number of fused-ring (bicyclic) bond motifs is 1. The number of ether oxygens (including phenoxy) is 1. The number of pyridine rings is 1. The lowest BCUT2D eigenvalue weighted by Crippen LogP contribution is -2.43. The number of hydrogen-bond acceptors (Lipinski definition) is 5. The van der Waals surface area contributed by atoms with E-state index in [1.165, 1.54) is 0 Å². The Balaban J connectivity index is 1.46. The summed E-state index contributed by atoms with van der Waals surface area (Å²) in [6.45, 7) is 3.92. The third-order valence-electron chi connectivity index (χ3n) is 6.55. The van der Waals surface area contributed by atoms with Crippen molar-refractivity contribution in [2.75, 3.05) is 5.32 Å². The standard InChI is InChI=1S/C25H30N4O4/c1-15(2)22-4-3-5-23(29(22)32)25(31)26-21-12-16-14-28(17-6-8-18(30)9-7-17)27-20(16)13-24(21)33-19-10-11-19/h3-5,12-15,17-19,30H,6-11H2,1-2H3,(H-,26,31,32)/p+1. The van der Waals surface area contributed by atoms with E-state index in [1.807, 2.05) is 36.9 Å². The zero-order valence-corrected chi connectivity index (χ0v) is 19.1. The van der Waals surface area contributed by atoms with Crippen LogP contribution in [0.3, 0.4) is 0 Å². The van der Waals surface area contributed by atoms with Gasteiger partial charge < -0.3 is 15.2 Å². The first-order chi connectivity index (χ1) is 15.9. The second-order valence-electron chi connectivity index (χ2n) is 9.55. The summed E-state index contributed by atoms with van der Waals surface area (Å²) in [5, 5.41) is 29.0. The fraction of sp³-hybridized carbons (Fsp3) is 0.480. The predicted molar refractivity (Wildman–Crippen MR) is 123 cm³/mol. The zero-order valence-electron chi connectivity index (χ0n) is 19.1. The van der Waals surface area contributed by atoms with Gasteiger partial charge in [0.1, 0.15) is 5.75 Å². The van der Waals surface area contributed by atoms with Gasteiger partial charge in [0, 0.05) is 40.4 Å². The number of rotatable bonds is 6. The first-order valence-electron chi connectivity index (χ1n) is 11.8. The number of nitrogens with zero attached hydrogens (tertiary/aromatic N) is 3. The van der Waals surface area contributed by atoms with Gasteiger partial charge in [-0.1, -0.05) is 13.8 Å². The third-order valence-corrected chi connectivity index (χ3v) is 6.55. The number of aliphatic hydroxyl groups excluding tert-OH is 1. The molecule has 2 aromatic heterocycles. The molecule has 0 saturated heterocycles. The van der Waals surface area contributed by atoms with Gasteiger partial charge >= 0.3 is 11.6 Å². The number of hydrogen-bond donors (Lipinski definition) is 3. The van der Waals surface area contributed by atoms with Crippen molar-refractivity contribution >= 4 is 22.5 Å². The average molecular weight is 452 g/mol. The van der Waals surface area contributed by atoms with E-state index >= 15 is 0 Å². The molecule has 2 heterocycles. The molecule has 1 aromatic carbocycles. The van der Waals surface area contributed by atoms with Crippen LogP contribution in [0.1, 0.15) is 80.5 Å². The normalized spacial score (nSPS) is 20.8. The van der Waals surface area contributed by atoms with E-state index in [-0.39, 0.29) is 29.9 Å². The predicted octanol–water partition coefficient (Wildman–Crippen LogP) is 3.95. The monoisotopic (exact) mass is 451 g/mol. The minimum absolute atomic E-state index is 0.0691. The molecule has 2 fully saturated rings. The molecule has 0 spiro atoms. The molecule has 0 aliphatic heterocycles. The van der Waals surface area contributed by atoms with Crippen molar-refractivity contribution in [2.45, 2.75) is 76.5 Å². The van der Waals surface area contributed by atoms with Crippen LogP contribution in [-0.2, 0) is 0 Å². The van der Waals surface area contributed by atoms with Crippen molar-refractivity contribution < 1.29 is 24.6 Å². The van der Waals surface area contributed by atoms with Crippen molar-refractivity contribution in [1.29, 1.82) is 0 Å². The number of amides is 1. The molecule has 8 heteroatoms. The zero-order chi connectivity index (χ0) is 23.1. The summed E-state index contributed by atoms with van der Waals surface area (Å²) in [6.07, 6.45) is 7.31. The Hall–Kier alpha value is -3.13.